The van der Waals surface area contributed by atoms with Crippen LogP contribution < -0.4 is 4.90 Å². The molecule has 0 saturated heterocycles. The molecule has 0 aliphatic heterocycles. The van der Waals surface area contributed by atoms with Gasteiger partial charge in [0.05, 0.1) is 5.69 Å². The van der Waals surface area contributed by atoms with Crippen LogP contribution in [0.3, 0.4) is 0 Å². The maximum atomic E-state index is 6.22. The second-order valence-corrected chi connectivity index (χ2v) is 13.2. The van der Waals surface area contributed by atoms with Crippen molar-refractivity contribution < 1.29 is 4.42 Å². The van der Waals surface area contributed by atoms with Crippen molar-refractivity contribution in [2.75, 3.05) is 4.90 Å². The number of nitrogens with zero attached hydrogens (tertiary/aromatic N) is 1. The highest BCUT2D eigenvalue weighted by molar-refractivity contribution is 7.26. The lowest BCUT2D eigenvalue weighted by molar-refractivity contribution is 0.669. The second kappa shape index (κ2) is 10.3. The minimum absolute atomic E-state index is 0.911. The molecule has 220 valence electrons. The first-order valence-electron chi connectivity index (χ1n) is 15.9. The van der Waals surface area contributed by atoms with E-state index >= 15 is 0 Å². The molecule has 2 heterocycles. The third-order valence-corrected chi connectivity index (χ3v) is 10.6. The Labute approximate surface area is 275 Å². The Balaban J connectivity index is 1.20. The molecular weight excluding hydrogens is 591 g/mol. The maximum absolute atomic E-state index is 6.22. The summed E-state index contributed by atoms with van der Waals surface area (Å²) in [4.78, 5) is 2.43. The molecule has 8 aromatic carbocycles. The summed E-state index contributed by atoms with van der Waals surface area (Å²) in [6.45, 7) is 0. The molecule has 0 aliphatic carbocycles. The van der Waals surface area contributed by atoms with Crippen molar-refractivity contribution in [3.63, 3.8) is 0 Å². The molecular formula is C44H27NOS. The number of rotatable bonds is 4. The topological polar surface area (TPSA) is 16.4 Å². The molecule has 0 N–H and O–H groups in total. The van der Waals surface area contributed by atoms with E-state index in [0.29, 0.717) is 0 Å². The van der Waals surface area contributed by atoms with E-state index in [4.69, 9.17) is 4.42 Å². The van der Waals surface area contributed by atoms with Crippen molar-refractivity contribution >= 4 is 92.1 Å². The summed E-state index contributed by atoms with van der Waals surface area (Å²) in [5.74, 6) is 0. The van der Waals surface area contributed by atoms with Crippen LogP contribution in [0.4, 0.5) is 17.1 Å². The number of anilines is 3. The number of para-hydroxylation sites is 1. The molecule has 2 aromatic heterocycles. The zero-order valence-corrected chi connectivity index (χ0v) is 26.2. The van der Waals surface area contributed by atoms with Gasteiger partial charge in [0, 0.05) is 42.3 Å². The van der Waals surface area contributed by atoms with Crippen molar-refractivity contribution in [3.8, 4) is 11.1 Å². The van der Waals surface area contributed by atoms with Crippen molar-refractivity contribution in [3.05, 3.63) is 164 Å². The quantitative estimate of drug-likeness (QED) is 0.183. The van der Waals surface area contributed by atoms with Gasteiger partial charge < -0.3 is 9.32 Å². The van der Waals surface area contributed by atoms with Crippen LogP contribution in [0.2, 0.25) is 0 Å². The predicted octanol–water partition coefficient (Wildman–Crippen LogP) is 13.4. The highest BCUT2D eigenvalue weighted by Gasteiger charge is 2.20. The molecule has 3 heteroatoms. The summed E-state index contributed by atoms with van der Waals surface area (Å²) in [5.41, 5.74) is 7.58. The molecule has 0 aliphatic rings. The normalized spacial score (nSPS) is 11.8. The van der Waals surface area contributed by atoms with Crippen molar-refractivity contribution in [2.45, 2.75) is 0 Å². The summed E-state index contributed by atoms with van der Waals surface area (Å²) in [7, 11) is 0. The Morgan fingerprint density at radius 1 is 0.426 bits per heavy atom. The average molecular weight is 618 g/mol. The summed E-state index contributed by atoms with van der Waals surface area (Å²) < 4.78 is 8.81. The Hall–Kier alpha value is -5.90. The Bertz CT molecular complexity index is 2810. The van der Waals surface area contributed by atoms with Crippen LogP contribution in [-0.2, 0) is 0 Å². The summed E-state index contributed by atoms with van der Waals surface area (Å²) in [6.07, 6.45) is 0. The average Bonchev–Trinajstić information content (AvgIpc) is 3.71. The van der Waals surface area contributed by atoms with Crippen LogP contribution in [0, 0.1) is 0 Å². The van der Waals surface area contributed by atoms with E-state index < -0.39 is 0 Å². The number of furan rings is 1. The van der Waals surface area contributed by atoms with Crippen molar-refractivity contribution in [2.24, 2.45) is 0 Å². The fourth-order valence-corrected chi connectivity index (χ4v) is 8.43. The van der Waals surface area contributed by atoms with Gasteiger partial charge in [-0.25, -0.2) is 0 Å². The van der Waals surface area contributed by atoms with Gasteiger partial charge >= 0.3 is 0 Å². The Morgan fingerprint density at radius 2 is 1.09 bits per heavy atom. The predicted molar refractivity (Wildman–Crippen MR) is 202 cm³/mol. The zero-order valence-electron chi connectivity index (χ0n) is 25.4. The van der Waals surface area contributed by atoms with Gasteiger partial charge in [-0.2, -0.15) is 0 Å². The van der Waals surface area contributed by atoms with Gasteiger partial charge in [0.25, 0.3) is 0 Å². The van der Waals surface area contributed by atoms with Crippen LogP contribution in [0.1, 0.15) is 0 Å². The lowest BCUT2D eigenvalue weighted by Gasteiger charge is -2.27. The molecule has 10 aromatic rings. The molecule has 2 nitrogen and oxygen atoms in total. The lowest BCUT2D eigenvalue weighted by atomic mass is 9.98. The second-order valence-electron chi connectivity index (χ2n) is 12.1. The molecule has 0 atom stereocenters. The van der Waals surface area contributed by atoms with Crippen molar-refractivity contribution in [1.29, 1.82) is 0 Å². The van der Waals surface area contributed by atoms with Gasteiger partial charge in [-0.15, -0.1) is 11.3 Å². The number of fused-ring (bicyclic) bond motifs is 9. The van der Waals surface area contributed by atoms with E-state index in [0.717, 1.165) is 38.9 Å². The van der Waals surface area contributed by atoms with Gasteiger partial charge in [0.15, 0.2) is 0 Å². The number of hydrogen-bond acceptors (Lipinski definition) is 3. The van der Waals surface area contributed by atoms with Gasteiger partial charge in [0.1, 0.15) is 11.2 Å². The third kappa shape index (κ3) is 4.10. The minimum atomic E-state index is 0.911. The standard InChI is InChI=1S/C44H27NOS/c1-2-10-33-28(9-1)19-20-30-23-26-32(27-37(30)33)45(38-14-8-18-42-44(38)36-12-4-6-17-41(36)47-42)31-24-21-29(22-25-31)34-13-7-16-40-43(34)35-11-3-5-15-39(35)46-40/h1-27H. The number of benzene rings is 8. The van der Waals surface area contributed by atoms with Crippen LogP contribution in [0.5, 0.6) is 0 Å². The fourth-order valence-electron chi connectivity index (χ4n) is 7.30. The molecule has 0 fully saturated rings. The highest BCUT2D eigenvalue weighted by atomic mass is 32.1. The molecule has 47 heavy (non-hydrogen) atoms. The number of thiophene rings is 1. The molecule has 0 saturated carbocycles. The van der Waals surface area contributed by atoms with E-state index in [1.807, 2.05) is 23.5 Å². The Kier molecular flexibility index (Phi) is 5.78. The SMILES string of the molecule is c1ccc2c(c1)ccc1ccc(N(c3ccc(-c4cccc5oc6ccccc6c45)cc3)c3cccc4sc5ccccc5c34)cc12. The van der Waals surface area contributed by atoms with Crippen LogP contribution in [0.25, 0.3) is 74.8 Å². The summed E-state index contributed by atoms with van der Waals surface area (Å²) >= 11 is 1.86. The summed E-state index contributed by atoms with van der Waals surface area (Å²) in [6, 6.07) is 59.1. The highest BCUT2D eigenvalue weighted by Crippen LogP contribution is 2.46. The van der Waals surface area contributed by atoms with Gasteiger partial charge in [-0.3, -0.25) is 0 Å². The molecule has 10 rings (SSSR count). The van der Waals surface area contributed by atoms with E-state index in [1.165, 1.54) is 53.0 Å². The van der Waals surface area contributed by atoms with E-state index in [1.54, 1.807) is 0 Å². The first-order chi connectivity index (χ1) is 23.3. The minimum Gasteiger partial charge on any atom is -0.456 e. The largest absolute Gasteiger partial charge is 0.456 e. The summed E-state index contributed by atoms with van der Waals surface area (Å²) in [5, 5.41) is 9.87. The molecule has 0 spiro atoms. The van der Waals surface area contributed by atoms with Crippen LogP contribution in [0.15, 0.2) is 168 Å². The zero-order chi connectivity index (χ0) is 30.9. The van der Waals surface area contributed by atoms with Crippen LogP contribution >= 0.6 is 11.3 Å². The fraction of sp³-hybridized carbons (Fsp3) is 0. The van der Waals surface area contributed by atoms with Gasteiger partial charge in [0.2, 0.25) is 0 Å². The van der Waals surface area contributed by atoms with E-state index in [2.05, 4.69) is 157 Å². The first kappa shape index (κ1) is 26.3. The van der Waals surface area contributed by atoms with E-state index in [-0.39, 0.29) is 0 Å². The molecule has 0 amide bonds. The van der Waals surface area contributed by atoms with Crippen molar-refractivity contribution in [1.82, 2.24) is 0 Å². The molecule has 0 bridgehead atoms. The first-order valence-corrected chi connectivity index (χ1v) is 16.7. The monoisotopic (exact) mass is 617 g/mol. The van der Waals surface area contributed by atoms with Crippen LogP contribution in [-0.4, -0.2) is 0 Å². The van der Waals surface area contributed by atoms with Gasteiger partial charge in [-0.05, 0) is 87.3 Å². The maximum Gasteiger partial charge on any atom is 0.136 e. The third-order valence-electron chi connectivity index (χ3n) is 9.45. The Morgan fingerprint density at radius 3 is 1.98 bits per heavy atom. The number of hydrogen-bond donors (Lipinski definition) is 0. The molecule has 0 radical (unpaired) electrons. The van der Waals surface area contributed by atoms with Gasteiger partial charge in [-0.1, -0.05) is 109 Å². The smallest absolute Gasteiger partial charge is 0.136 e. The lowest BCUT2D eigenvalue weighted by Crippen LogP contribution is -2.10. The molecule has 0 unspecified atom stereocenters. The van der Waals surface area contributed by atoms with E-state index in [9.17, 15) is 0 Å².